The molecule has 2 heteroatoms. The second-order valence-electron chi connectivity index (χ2n) is 2.20. The van der Waals surface area contributed by atoms with E-state index in [1.165, 1.54) is 19.3 Å². The first-order valence-electron chi connectivity index (χ1n) is 4.13. The summed E-state index contributed by atoms with van der Waals surface area (Å²) in [6.07, 6.45) is 4.63. The number of likely N-dealkylation sites (tertiary alicyclic amines) is 1. The first-order chi connectivity index (χ1) is 4.93. The van der Waals surface area contributed by atoms with Crippen LogP contribution in [0, 0.1) is 0 Å². The predicted molar refractivity (Wildman–Crippen MR) is 42.8 cm³/mol. The van der Waals surface area contributed by atoms with Crippen molar-refractivity contribution in [1.82, 2.24) is 4.90 Å². The summed E-state index contributed by atoms with van der Waals surface area (Å²) in [5.41, 5.74) is 0. The zero-order valence-corrected chi connectivity index (χ0v) is 6.97. The maximum Gasteiger partial charge on any atom is 0.209 e. The second kappa shape index (κ2) is 6.59. The molecule has 1 aliphatic heterocycles. The Morgan fingerprint density at radius 3 is 1.90 bits per heavy atom. The molecule has 1 amide bonds. The molecule has 0 atom stereocenters. The van der Waals surface area contributed by atoms with Crippen LogP contribution in [0.2, 0.25) is 0 Å². The Labute approximate surface area is 63.2 Å². The molecule has 0 radical (unpaired) electrons. The molecular formula is C8H17NO. The molecule has 0 spiro atoms. The lowest BCUT2D eigenvalue weighted by molar-refractivity contribution is -0.118. The molecule has 0 aliphatic carbocycles. The van der Waals surface area contributed by atoms with Gasteiger partial charge < -0.3 is 4.90 Å². The summed E-state index contributed by atoms with van der Waals surface area (Å²) in [6.45, 7) is 5.95. The standard InChI is InChI=1S/C6H11NO.C2H6/c8-6-7-4-2-1-3-5-7;1-2/h6H,1-5H2;1-2H3. The zero-order valence-electron chi connectivity index (χ0n) is 6.97. The van der Waals surface area contributed by atoms with Crippen molar-refractivity contribution in [2.24, 2.45) is 0 Å². The minimum atomic E-state index is 0.944. The van der Waals surface area contributed by atoms with Crippen LogP contribution >= 0.6 is 0 Å². The van der Waals surface area contributed by atoms with Crippen LogP contribution in [-0.2, 0) is 4.79 Å². The van der Waals surface area contributed by atoms with Gasteiger partial charge >= 0.3 is 0 Å². The summed E-state index contributed by atoms with van der Waals surface area (Å²) in [4.78, 5) is 11.9. The summed E-state index contributed by atoms with van der Waals surface area (Å²) in [5, 5.41) is 0. The zero-order chi connectivity index (χ0) is 7.82. The van der Waals surface area contributed by atoms with Gasteiger partial charge in [-0.3, -0.25) is 4.79 Å². The molecule has 0 bridgehead atoms. The molecule has 1 heterocycles. The average molecular weight is 143 g/mol. The van der Waals surface area contributed by atoms with E-state index in [1.807, 2.05) is 18.7 Å². The van der Waals surface area contributed by atoms with Gasteiger partial charge in [0.05, 0.1) is 0 Å². The molecule has 0 unspecified atom stereocenters. The number of hydrogen-bond donors (Lipinski definition) is 0. The van der Waals surface area contributed by atoms with Gasteiger partial charge in [0.1, 0.15) is 0 Å². The molecule has 0 aromatic carbocycles. The fourth-order valence-electron chi connectivity index (χ4n) is 1.02. The number of carbonyl (C=O) groups is 1. The number of hydrogen-bond acceptors (Lipinski definition) is 1. The van der Waals surface area contributed by atoms with Gasteiger partial charge in [0, 0.05) is 13.1 Å². The molecule has 0 aromatic rings. The number of piperidine rings is 1. The Balaban J connectivity index is 0.000000371. The van der Waals surface area contributed by atoms with E-state index in [4.69, 9.17) is 0 Å². The molecule has 1 rings (SSSR count). The fourth-order valence-corrected chi connectivity index (χ4v) is 1.02. The Bertz CT molecular complexity index is 77.3. The highest BCUT2D eigenvalue weighted by molar-refractivity contribution is 5.46. The highest BCUT2D eigenvalue weighted by atomic mass is 16.1. The van der Waals surface area contributed by atoms with E-state index >= 15 is 0 Å². The van der Waals surface area contributed by atoms with Crippen molar-refractivity contribution in [3.8, 4) is 0 Å². The minimum absolute atomic E-state index is 0.944. The molecular weight excluding hydrogens is 126 g/mol. The first kappa shape index (κ1) is 9.47. The molecule has 60 valence electrons. The SMILES string of the molecule is CC.O=CN1CCCCC1. The van der Waals surface area contributed by atoms with Gasteiger partial charge in [-0.15, -0.1) is 0 Å². The van der Waals surface area contributed by atoms with Crippen LogP contribution in [0.3, 0.4) is 0 Å². The normalized spacial score (nSPS) is 17.2. The van der Waals surface area contributed by atoms with Crippen molar-refractivity contribution in [2.75, 3.05) is 13.1 Å². The Morgan fingerprint density at radius 2 is 1.60 bits per heavy atom. The molecule has 2 nitrogen and oxygen atoms in total. The van der Waals surface area contributed by atoms with Crippen molar-refractivity contribution in [1.29, 1.82) is 0 Å². The van der Waals surface area contributed by atoms with E-state index in [1.54, 1.807) is 0 Å². The van der Waals surface area contributed by atoms with Gasteiger partial charge in [0.25, 0.3) is 0 Å². The molecule has 0 aromatic heterocycles. The monoisotopic (exact) mass is 143 g/mol. The molecule has 0 N–H and O–H groups in total. The summed E-state index contributed by atoms with van der Waals surface area (Å²) < 4.78 is 0. The maximum atomic E-state index is 10.1. The lowest BCUT2D eigenvalue weighted by atomic mass is 10.1. The molecule has 1 saturated heterocycles. The van der Waals surface area contributed by atoms with E-state index in [9.17, 15) is 4.79 Å². The Morgan fingerprint density at radius 1 is 1.10 bits per heavy atom. The highest BCUT2D eigenvalue weighted by Gasteiger charge is 2.05. The first-order valence-corrected chi connectivity index (χ1v) is 4.13. The second-order valence-corrected chi connectivity index (χ2v) is 2.20. The molecule has 1 aliphatic rings. The lowest BCUT2D eigenvalue weighted by Crippen LogP contribution is -2.27. The van der Waals surface area contributed by atoms with Gasteiger partial charge in [0.15, 0.2) is 0 Å². The van der Waals surface area contributed by atoms with Crippen molar-refractivity contribution < 1.29 is 4.79 Å². The van der Waals surface area contributed by atoms with Crippen molar-refractivity contribution in [3.63, 3.8) is 0 Å². The van der Waals surface area contributed by atoms with E-state index in [0.29, 0.717) is 0 Å². The van der Waals surface area contributed by atoms with Gasteiger partial charge in [-0.2, -0.15) is 0 Å². The summed E-state index contributed by atoms with van der Waals surface area (Å²) in [7, 11) is 0. The smallest absolute Gasteiger partial charge is 0.209 e. The summed E-state index contributed by atoms with van der Waals surface area (Å²) >= 11 is 0. The topological polar surface area (TPSA) is 20.3 Å². The predicted octanol–water partition coefficient (Wildman–Crippen LogP) is 1.65. The van der Waals surface area contributed by atoms with E-state index in [2.05, 4.69) is 0 Å². The quantitative estimate of drug-likeness (QED) is 0.511. The van der Waals surface area contributed by atoms with Gasteiger partial charge in [-0.1, -0.05) is 13.8 Å². The molecule has 10 heavy (non-hydrogen) atoms. The number of amides is 1. The highest BCUT2D eigenvalue weighted by Crippen LogP contribution is 2.05. The van der Waals surface area contributed by atoms with E-state index in [-0.39, 0.29) is 0 Å². The third kappa shape index (κ3) is 3.49. The number of rotatable bonds is 1. The number of nitrogens with zero attached hydrogens (tertiary/aromatic N) is 1. The molecule has 0 saturated carbocycles. The minimum Gasteiger partial charge on any atom is -0.345 e. The van der Waals surface area contributed by atoms with Crippen LogP contribution in [-0.4, -0.2) is 24.4 Å². The third-order valence-corrected chi connectivity index (χ3v) is 1.54. The Kier molecular flexibility index (Phi) is 6.24. The van der Waals surface area contributed by atoms with Gasteiger partial charge in [0.2, 0.25) is 6.41 Å². The van der Waals surface area contributed by atoms with E-state index in [0.717, 1.165) is 19.5 Å². The third-order valence-electron chi connectivity index (χ3n) is 1.54. The summed E-state index contributed by atoms with van der Waals surface area (Å²) in [6, 6.07) is 0. The molecule has 1 fully saturated rings. The van der Waals surface area contributed by atoms with Crippen LogP contribution in [0.15, 0.2) is 0 Å². The van der Waals surface area contributed by atoms with Crippen LogP contribution in [0.25, 0.3) is 0 Å². The van der Waals surface area contributed by atoms with Gasteiger partial charge in [-0.25, -0.2) is 0 Å². The fraction of sp³-hybridized carbons (Fsp3) is 0.875. The van der Waals surface area contributed by atoms with Crippen molar-refractivity contribution in [3.05, 3.63) is 0 Å². The Hall–Kier alpha value is -0.530. The largest absolute Gasteiger partial charge is 0.345 e. The van der Waals surface area contributed by atoms with Crippen LogP contribution < -0.4 is 0 Å². The van der Waals surface area contributed by atoms with Crippen molar-refractivity contribution in [2.45, 2.75) is 33.1 Å². The van der Waals surface area contributed by atoms with E-state index < -0.39 is 0 Å². The van der Waals surface area contributed by atoms with Crippen LogP contribution in [0.4, 0.5) is 0 Å². The lowest BCUT2D eigenvalue weighted by Gasteiger charge is -2.21. The summed E-state index contributed by atoms with van der Waals surface area (Å²) in [5.74, 6) is 0. The average Bonchev–Trinajstić information content (AvgIpc) is 2.10. The van der Waals surface area contributed by atoms with Crippen LogP contribution in [0.1, 0.15) is 33.1 Å². The van der Waals surface area contributed by atoms with Crippen molar-refractivity contribution >= 4 is 6.41 Å². The maximum absolute atomic E-state index is 10.1. The van der Waals surface area contributed by atoms with Crippen LogP contribution in [0.5, 0.6) is 0 Å². The number of carbonyl (C=O) groups excluding carboxylic acids is 1. The van der Waals surface area contributed by atoms with Gasteiger partial charge in [-0.05, 0) is 19.3 Å².